The van der Waals surface area contributed by atoms with Crippen LogP contribution in [0, 0.1) is 0 Å². The molecule has 2 aliphatic rings. The van der Waals surface area contributed by atoms with Gasteiger partial charge in [-0.05, 0) is 50.1 Å². The van der Waals surface area contributed by atoms with Gasteiger partial charge in [-0.2, -0.15) is 0 Å². The molecule has 0 aromatic heterocycles. The van der Waals surface area contributed by atoms with E-state index in [0.29, 0.717) is 18.5 Å². The van der Waals surface area contributed by atoms with Crippen molar-refractivity contribution in [3.63, 3.8) is 0 Å². The van der Waals surface area contributed by atoms with Gasteiger partial charge in [0.2, 0.25) is 5.91 Å². The molecule has 8 heteroatoms. The average Bonchev–Trinajstić information content (AvgIpc) is 3.36. The van der Waals surface area contributed by atoms with Gasteiger partial charge in [0, 0.05) is 5.69 Å². The Morgan fingerprint density at radius 3 is 2.20 bits per heavy atom. The van der Waals surface area contributed by atoms with Crippen LogP contribution in [-0.4, -0.2) is 42.3 Å². The number of carbonyl (C=O) groups excluding carboxylic acids is 3. The first-order valence-corrected chi connectivity index (χ1v) is 11.5. The second kappa shape index (κ2) is 7.68. The fourth-order valence-electron chi connectivity index (χ4n) is 4.07. The SMILES string of the molecule is CC(C(=O)Nc1cccc(S(=O)(=O)C2CCCC2)c1)N1C(=O)c2ccccc2C1=O. The van der Waals surface area contributed by atoms with E-state index in [1.54, 1.807) is 36.4 Å². The molecule has 1 fully saturated rings. The number of benzene rings is 2. The lowest BCUT2D eigenvalue weighted by Gasteiger charge is -2.22. The number of hydrogen-bond donors (Lipinski definition) is 1. The molecule has 1 saturated carbocycles. The van der Waals surface area contributed by atoms with E-state index in [0.717, 1.165) is 17.7 Å². The number of nitrogens with one attached hydrogen (secondary N) is 1. The highest BCUT2D eigenvalue weighted by Gasteiger charge is 2.40. The normalized spacial score (nSPS) is 17.8. The molecule has 2 aromatic rings. The molecule has 0 saturated heterocycles. The third-order valence-corrected chi connectivity index (χ3v) is 8.02. The summed E-state index contributed by atoms with van der Waals surface area (Å²) >= 11 is 0. The number of nitrogens with zero attached hydrogens (tertiary/aromatic N) is 1. The molecule has 1 aliphatic heterocycles. The van der Waals surface area contributed by atoms with Crippen LogP contribution >= 0.6 is 0 Å². The maximum absolute atomic E-state index is 12.8. The van der Waals surface area contributed by atoms with Gasteiger partial charge < -0.3 is 5.32 Å². The molecule has 1 N–H and O–H groups in total. The molecule has 2 aromatic carbocycles. The minimum absolute atomic E-state index is 0.167. The highest BCUT2D eigenvalue weighted by molar-refractivity contribution is 7.92. The van der Waals surface area contributed by atoms with Gasteiger partial charge in [0.25, 0.3) is 11.8 Å². The second-order valence-electron chi connectivity index (χ2n) is 7.67. The Balaban J connectivity index is 1.52. The van der Waals surface area contributed by atoms with E-state index in [1.165, 1.54) is 19.1 Å². The van der Waals surface area contributed by atoms with Crippen LogP contribution in [0.25, 0.3) is 0 Å². The molecule has 1 atom stereocenters. The van der Waals surface area contributed by atoms with Crippen LogP contribution in [0.1, 0.15) is 53.3 Å². The van der Waals surface area contributed by atoms with Gasteiger partial charge in [-0.1, -0.05) is 31.0 Å². The highest BCUT2D eigenvalue weighted by atomic mass is 32.2. The standard InChI is InChI=1S/C22H22N2O5S/c1-14(24-21(26)18-11-4-5-12-19(18)22(24)27)20(25)23-15-7-6-10-17(13-15)30(28,29)16-8-2-3-9-16/h4-7,10-14,16H,2-3,8-9H2,1H3,(H,23,25). The Bertz CT molecular complexity index is 1100. The van der Waals surface area contributed by atoms with E-state index in [9.17, 15) is 22.8 Å². The monoisotopic (exact) mass is 426 g/mol. The van der Waals surface area contributed by atoms with Crippen molar-refractivity contribution in [2.75, 3.05) is 5.32 Å². The molecule has 0 bridgehead atoms. The second-order valence-corrected chi connectivity index (χ2v) is 9.90. The minimum Gasteiger partial charge on any atom is -0.324 e. The molecule has 1 heterocycles. The predicted octanol–water partition coefficient (Wildman–Crippen LogP) is 3.03. The van der Waals surface area contributed by atoms with Gasteiger partial charge >= 0.3 is 0 Å². The molecule has 0 radical (unpaired) electrons. The zero-order chi connectivity index (χ0) is 21.5. The van der Waals surface area contributed by atoms with Crippen LogP contribution in [0.4, 0.5) is 5.69 Å². The van der Waals surface area contributed by atoms with E-state index < -0.39 is 33.6 Å². The average molecular weight is 426 g/mol. The van der Waals surface area contributed by atoms with Crippen molar-refractivity contribution in [2.24, 2.45) is 0 Å². The minimum atomic E-state index is -3.46. The lowest BCUT2D eigenvalue weighted by atomic mass is 10.1. The van der Waals surface area contributed by atoms with E-state index in [4.69, 9.17) is 0 Å². The van der Waals surface area contributed by atoms with Crippen LogP contribution in [0.2, 0.25) is 0 Å². The lowest BCUT2D eigenvalue weighted by molar-refractivity contribution is -0.119. The molecule has 7 nitrogen and oxygen atoms in total. The van der Waals surface area contributed by atoms with Crippen molar-refractivity contribution in [2.45, 2.75) is 48.8 Å². The maximum atomic E-state index is 12.8. The maximum Gasteiger partial charge on any atom is 0.262 e. The quantitative estimate of drug-likeness (QED) is 0.741. The van der Waals surface area contributed by atoms with Crippen LogP contribution < -0.4 is 5.32 Å². The fraction of sp³-hybridized carbons (Fsp3) is 0.318. The summed E-state index contributed by atoms with van der Waals surface area (Å²) in [6, 6.07) is 11.5. The highest BCUT2D eigenvalue weighted by Crippen LogP contribution is 2.31. The number of fused-ring (bicyclic) bond motifs is 1. The van der Waals surface area contributed by atoms with Gasteiger partial charge in [-0.25, -0.2) is 8.42 Å². The summed E-state index contributed by atoms with van der Waals surface area (Å²) in [7, 11) is -3.46. The van der Waals surface area contributed by atoms with Gasteiger partial charge in [0.05, 0.1) is 21.3 Å². The third kappa shape index (κ3) is 3.41. The molecule has 3 amide bonds. The van der Waals surface area contributed by atoms with Gasteiger partial charge in [0.15, 0.2) is 9.84 Å². The number of carbonyl (C=O) groups is 3. The summed E-state index contributed by atoms with van der Waals surface area (Å²) in [6.45, 7) is 1.47. The first-order chi connectivity index (χ1) is 14.3. The van der Waals surface area contributed by atoms with Crippen molar-refractivity contribution in [3.8, 4) is 0 Å². The smallest absolute Gasteiger partial charge is 0.262 e. The topological polar surface area (TPSA) is 101 Å². The molecular formula is C22H22N2O5S. The first kappa shape index (κ1) is 20.3. The van der Waals surface area contributed by atoms with Crippen LogP contribution in [0.5, 0.6) is 0 Å². The van der Waals surface area contributed by atoms with E-state index in [-0.39, 0.29) is 21.3 Å². The number of imide groups is 1. The van der Waals surface area contributed by atoms with Crippen molar-refractivity contribution in [1.29, 1.82) is 0 Å². The van der Waals surface area contributed by atoms with Crippen molar-refractivity contribution >= 4 is 33.2 Å². The van der Waals surface area contributed by atoms with Crippen LogP contribution in [0.15, 0.2) is 53.4 Å². The largest absolute Gasteiger partial charge is 0.324 e. The fourth-order valence-corrected chi connectivity index (χ4v) is 5.96. The third-order valence-electron chi connectivity index (χ3n) is 5.76. The summed E-state index contributed by atoms with van der Waals surface area (Å²) in [5, 5.41) is 2.25. The predicted molar refractivity (Wildman–Crippen MR) is 111 cm³/mol. The number of amides is 3. The van der Waals surface area contributed by atoms with Crippen molar-refractivity contribution in [3.05, 3.63) is 59.7 Å². The number of anilines is 1. The Morgan fingerprint density at radius 2 is 1.60 bits per heavy atom. The molecule has 1 unspecified atom stereocenters. The van der Waals surface area contributed by atoms with Crippen molar-refractivity contribution < 1.29 is 22.8 Å². The number of rotatable bonds is 5. The van der Waals surface area contributed by atoms with Crippen LogP contribution in [-0.2, 0) is 14.6 Å². The molecule has 0 spiro atoms. The summed E-state index contributed by atoms with van der Waals surface area (Å²) < 4.78 is 25.6. The number of hydrogen-bond acceptors (Lipinski definition) is 5. The Morgan fingerprint density at radius 1 is 1.00 bits per heavy atom. The van der Waals surface area contributed by atoms with E-state index in [2.05, 4.69) is 5.32 Å². The molecule has 1 aliphatic carbocycles. The molecular weight excluding hydrogens is 404 g/mol. The zero-order valence-electron chi connectivity index (χ0n) is 16.5. The van der Waals surface area contributed by atoms with Crippen LogP contribution in [0.3, 0.4) is 0 Å². The molecule has 4 rings (SSSR count). The van der Waals surface area contributed by atoms with Gasteiger partial charge in [-0.15, -0.1) is 0 Å². The Hall–Kier alpha value is -3.00. The van der Waals surface area contributed by atoms with E-state index >= 15 is 0 Å². The lowest BCUT2D eigenvalue weighted by Crippen LogP contribution is -2.45. The molecule has 156 valence electrons. The summed E-state index contributed by atoms with van der Waals surface area (Å²) in [5.41, 5.74) is 0.848. The zero-order valence-corrected chi connectivity index (χ0v) is 17.3. The van der Waals surface area contributed by atoms with Gasteiger partial charge in [-0.3, -0.25) is 19.3 Å². The Kier molecular flexibility index (Phi) is 5.19. The summed E-state index contributed by atoms with van der Waals surface area (Å²) in [5.74, 6) is -1.61. The van der Waals surface area contributed by atoms with Crippen molar-refractivity contribution in [1.82, 2.24) is 4.90 Å². The summed E-state index contributed by atoms with van der Waals surface area (Å²) in [4.78, 5) is 39.0. The van der Waals surface area contributed by atoms with E-state index in [1.807, 2.05) is 0 Å². The number of sulfone groups is 1. The first-order valence-electron chi connectivity index (χ1n) is 9.92. The van der Waals surface area contributed by atoms with Gasteiger partial charge in [0.1, 0.15) is 6.04 Å². The summed E-state index contributed by atoms with van der Waals surface area (Å²) in [6.07, 6.45) is 3.10. The Labute approximate surface area is 175 Å². The molecule has 30 heavy (non-hydrogen) atoms.